The van der Waals surface area contributed by atoms with E-state index in [2.05, 4.69) is 4.74 Å². The molecular formula is C7H12O5. The molecule has 0 saturated heterocycles. The first-order valence-electron chi connectivity index (χ1n) is 3.65. The Labute approximate surface area is 70.0 Å². The SMILES string of the molecule is O=C(O)CCCC(=O)OCCO. The smallest absolute Gasteiger partial charge is 0.305 e. The molecule has 0 unspecified atom stereocenters. The van der Waals surface area contributed by atoms with Crippen molar-refractivity contribution >= 4 is 11.9 Å². The van der Waals surface area contributed by atoms with Crippen LogP contribution in [0.25, 0.3) is 0 Å². The van der Waals surface area contributed by atoms with Crippen LogP contribution in [0.2, 0.25) is 0 Å². The molecule has 0 aliphatic rings. The van der Waals surface area contributed by atoms with E-state index in [-0.39, 0.29) is 32.5 Å². The number of ether oxygens (including phenoxy) is 1. The molecule has 0 aromatic carbocycles. The van der Waals surface area contributed by atoms with Crippen molar-refractivity contribution < 1.29 is 24.5 Å². The zero-order valence-electron chi connectivity index (χ0n) is 6.65. The Morgan fingerprint density at radius 1 is 1.25 bits per heavy atom. The van der Waals surface area contributed by atoms with Gasteiger partial charge in [-0.2, -0.15) is 0 Å². The fourth-order valence-electron chi connectivity index (χ4n) is 0.616. The predicted octanol–water partition coefficient (Wildman–Crippen LogP) is -0.223. The average molecular weight is 176 g/mol. The van der Waals surface area contributed by atoms with Gasteiger partial charge in [-0.1, -0.05) is 0 Å². The molecule has 0 saturated carbocycles. The molecule has 0 aliphatic heterocycles. The minimum Gasteiger partial charge on any atom is -0.481 e. The normalized spacial score (nSPS) is 9.42. The number of carboxylic acids is 1. The lowest BCUT2D eigenvalue weighted by atomic mass is 10.2. The number of carboxylic acid groups (broad SMARTS) is 1. The van der Waals surface area contributed by atoms with Crippen molar-refractivity contribution in [2.75, 3.05) is 13.2 Å². The Kier molecular flexibility index (Phi) is 6.00. The standard InChI is InChI=1S/C7H12O5/c8-4-5-12-7(11)3-1-2-6(9)10/h8H,1-5H2,(H,9,10). The van der Waals surface area contributed by atoms with Crippen LogP contribution in [0.15, 0.2) is 0 Å². The summed E-state index contributed by atoms with van der Waals surface area (Å²) < 4.78 is 4.49. The number of aliphatic hydroxyl groups excluding tert-OH is 1. The summed E-state index contributed by atoms with van der Waals surface area (Å²) in [5, 5.41) is 16.5. The van der Waals surface area contributed by atoms with E-state index >= 15 is 0 Å². The number of rotatable bonds is 6. The van der Waals surface area contributed by atoms with E-state index in [0.717, 1.165) is 0 Å². The fourth-order valence-corrected chi connectivity index (χ4v) is 0.616. The molecule has 5 heteroatoms. The number of aliphatic hydroxyl groups is 1. The largest absolute Gasteiger partial charge is 0.481 e. The van der Waals surface area contributed by atoms with E-state index in [1.165, 1.54) is 0 Å². The van der Waals surface area contributed by atoms with Gasteiger partial charge in [0.05, 0.1) is 6.61 Å². The molecule has 0 atom stereocenters. The maximum absolute atomic E-state index is 10.7. The van der Waals surface area contributed by atoms with Gasteiger partial charge < -0.3 is 14.9 Å². The summed E-state index contributed by atoms with van der Waals surface area (Å²) >= 11 is 0. The lowest BCUT2D eigenvalue weighted by Crippen LogP contribution is -2.08. The molecule has 0 bridgehead atoms. The Bertz CT molecular complexity index is 154. The van der Waals surface area contributed by atoms with Crippen molar-refractivity contribution in [3.8, 4) is 0 Å². The van der Waals surface area contributed by atoms with Crippen molar-refractivity contribution in [3.63, 3.8) is 0 Å². The van der Waals surface area contributed by atoms with Gasteiger partial charge in [-0.15, -0.1) is 0 Å². The lowest BCUT2D eigenvalue weighted by Gasteiger charge is -2.00. The molecule has 0 aliphatic carbocycles. The van der Waals surface area contributed by atoms with Crippen molar-refractivity contribution in [1.82, 2.24) is 0 Å². The maximum atomic E-state index is 10.7. The highest BCUT2D eigenvalue weighted by Crippen LogP contribution is 1.97. The second kappa shape index (κ2) is 6.60. The molecular weight excluding hydrogens is 164 g/mol. The predicted molar refractivity (Wildman–Crippen MR) is 39.5 cm³/mol. The minimum atomic E-state index is -0.926. The topological polar surface area (TPSA) is 83.8 Å². The van der Waals surface area contributed by atoms with E-state index in [1.807, 2.05) is 0 Å². The highest BCUT2D eigenvalue weighted by Gasteiger charge is 2.03. The summed E-state index contributed by atoms with van der Waals surface area (Å²) in [6.45, 7) is -0.226. The number of carbonyl (C=O) groups excluding carboxylic acids is 1. The Morgan fingerprint density at radius 2 is 1.92 bits per heavy atom. The third kappa shape index (κ3) is 7.01. The number of hydrogen-bond acceptors (Lipinski definition) is 4. The molecule has 0 heterocycles. The molecule has 0 fully saturated rings. The van der Waals surface area contributed by atoms with Gasteiger partial charge in [-0.25, -0.2) is 0 Å². The van der Waals surface area contributed by atoms with Crippen LogP contribution in [0.3, 0.4) is 0 Å². The molecule has 0 radical (unpaired) electrons. The Morgan fingerprint density at radius 3 is 2.42 bits per heavy atom. The van der Waals surface area contributed by atoms with Gasteiger partial charge >= 0.3 is 11.9 Å². The van der Waals surface area contributed by atoms with E-state index in [1.54, 1.807) is 0 Å². The third-order valence-corrected chi connectivity index (χ3v) is 1.13. The summed E-state index contributed by atoms with van der Waals surface area (Å²) in [6.07, 6.45) is 0.333. The van der Waals surface area contributed by atoms with E-state index in [0.29, 0.717) is 0 Å². The molecule has 0 aromatic heterocycles. The molecule has 0 rings (SSSR count). The molecule has 2 N–H and O–H groups in total. The van der Waals surface area contributed by atoms with E-state index in [9.17, 15) is 9.59 Å². The minimum absolute atomic E-state index is 0.0219. The van der Waals surface area contributed by atoms with Crippen LogP contribution in [-0.2, 0) is 14.3 Å². The van der Waals surface area contributed by atoms with Gasteiger partial charge in [0.15, 0.2) is 0 Å². The second-order valence-electron chi connectivity index (χ2n) is 2.19. The summed E-state index contributed by atoms with van der Waals surface area (Å²) in [5.74, 6) is -1.39. The van der Waals surface area contributed by atoms with Crippen molar-refractivity contribution in [3.05, 3.63) is 0 Å². The van der Waals surface area contributed by atoms with Crippen LogP contribution in [-0.4, -0.2) is 35.4 Å². The van der Waals surface area contributed by atoms with Gasteiger partial charge in [0.25, 0.3) is 0 Å². The monoisotopic (exact) mass is 176 g/mol. The highest BCUT2D eigenvalue weighted by atomic mass is 16.5. The molecule has 5 nitrogen and oxygen atoms in total. The Balaban J connectivity index is 3.25. The second-order valence-corrected chi connectivity index (χ2v) is 2.19. The summed E-state index contributed by atoms with van der Waals surface area (Å²) in [4.78, 5) is 20.7. The number of hydrogen-bond donors (Lipinski definition) is 2. The van der Waals surface area contributed by atoms with Crippen molar-refractivity contribution in [1.29, 1.82) is 0 Å². The lowest BCUT2D eigenvalue weighted by molar-refractivity contribution is -0.145. The first-order valence-corrected chi connectivity index (χ1v) is 3.65. The van der Waals surface area contributed by atoms with Crippen LogP contribution in [0.5, 0.6) is 0 Å². The first-order chi connectivity index (χ1) is 5.66. The van der Waals surface area contributed by atoms with Crippen LogP contribution >= 0.6 is 0 Å². The van der Waals surface area contributed by atoms with Crippen LogP contribution < -0.4 is 0 Å². The van der Waals surface area contributed by atoms with Crippen molar-refractivity contribution in [2.24, 2.45) is 0 Å². The van der Waals surface area contributed by atoms with Crippen LogP contribution in [0.4, 0.5) is 0 Å². The molecule has 12 heavy (non-hydrogen) atoms. The van der Waals surface area contributed by atoms with Gasteiger partial charge in [0, 0.05) is 12.8 Å². The van der Waals surface area contributed by atoms with Crippen LogP contribution in [0.1, 0.15) is 19.3 Å². The summed E-state index contributed by atoms with van der Waals surface area (Å²) in [5.41, 5.74) is 0. The number of aliphatic carboxylic acids is 1. The first kappa shape index (κ1) is 10.9. The maximum Gasteiger partial charge on any atom is 0.305 e. The van der Waals surface area contributed by atoms with E-state index < -0.39 is 11.9 Å². The van der Waals surface area contributed by atoms with Gasteiger partial charge in [0.1, 0.15) is 6.61 Å². The van der Waals surface area contributed by atoms with Crippen LogP contribution in [0, 0.1) is 0 Å². The number of carbonyl (C=O) groups is 2. The molecule has 0 spiro atoms. The summed E-state index contributed by atoms with van der Waals surface area (Å²) in [6, 6.07) is 0. The van der Waals surface area contributed by atoms with Crippen molar-refractivity contribution in [2.45, 2.75) is 19.3 Å². The molecule has 70 valence electrons. The van der Waals surface area contributed by atoms with Gasteiger partial charge in [-0.3, -0.25) is 9.59 Å². The summed E-state index contributed by atoms with van der Waals surface area (Å²) in [7, 11) is 0. The Hall–Kier alpha value is -1.10. The molecule has 0 aromatic rings. The quantitative estimate of drug-likeness (QED) is 0.546. The molecule has 0 amide bonds. The van der Waals surface area contributed by atoms with Gasteiger partial charge in [-0.05, 0) is 6.42 Å². The third-order valence-electron chi connectivity index (χ3n) is 1.13. The van der Waals surface area contributed by atoms with E-state index in [4.69, 9.17) is 10.2 Å². The van der Waals surface area contributed by atoms with Gasteiger partial charge in [0.2, 0.25) is 0 Å². The number of esters is 1. The average Bonchev–Trinajstić information content (AvgIpc) is 2.00. The zero-order valence-corrected chi connectivity index (χ0v) is 6.65. The zero-order chi connectivity index (χ0) is 9.40. The fraction of sp³-hybridized carbons (Fsp3) is 0.714. The highest BCUT2D eigenvalue weighted by molar-refractivity contribution is 5.71.